The maximum absolute atomic E-state index is 11.9. The van der Waals surface area contributed by atoms with Gasteiger partial charge in [0.2, 0.25) is 5.91 Å². The van der Waals surface area contributed by atoms with Gasteiger partial charge in [-0.15, -0.1) is 0 Å². The molecule has 1 fully saturated rings. The van der Waals surface area contributed by atoms with E-state index < -0.39 is 0 Å². The Morgan fingerprint density at radius 1 is 1.57 bits per heavy atom. The Bertz CT molecular complexity index is 186. The molecule has 3 nitrogen and oxygen atoms in total. The average molecular weight is 198 g/mol. The van der Waals surface area contributed by atoms with Gasteiger partial charge in [0.1, 0.15) is 0 Å². The molecule has 1 rings (SSSR count). The molecular formula is C11H22N2O. The van der Waals surface area contributed by atoms with Gasteiger partial charge in [0.15, 0.2) is 0 Å². The summed E-state index contributed by atoms with van der Waals surface area (Å²) in [6, 6.07) is 0.435. The Balaban J connectivity index is 2.57. The molecule has 0 unspecified atom stereocenters. The molecule has 0 aromatic heterocycles. The third kappa shape index (κ3) is 2.71. The average Bonchev–Trinajstić information content (AvgIpc) is 2.65. The number of hydrogen-bond acceptors (Lipinski definition) is 2. The Morgan fingerprint density at radius 3 is 2.71 bits per heavy atom. The van der Waals surface area contributed by atoms with Crippen molar-refractivity contribution in [2.24, 2.45) is 5.92 Å². The molecule has 82 valence electrons. The summed E-state index contributed by atoms with van der Waals surface area (Å²) in [5, 5.41) is 3.31. The van der Waals surface area contributed by atoms with E-state index in [0.717, 1.165) is 32.5 Å². The second-order valence-electron chi connectivity index (χ2n) is 4.33. The molecule has 0 bridgehead atoms. The van der Waals surface area contributed by atoms with E-state index in [-0.39, 0.29) is 5.92 Å². The van der Waals surface area contributed by atoms with Crippen LogP contribution in [0, 0.1) is 5.92 Å². The van der Waals surface area contributed by atoms with Crippen molar-refractivity contribution in [2.75, 3.05) is 19.6 Å². The molecule has 0 aromatic carbocycles. The standard InChI is InChI=1S/C11H22N2O/c1-4-7-13(11(14)9(2)3)10-5-6-12-8-10/h9-10,12H,4-8H2,1-3H3/t10-/m0/s1. The molecule has 0 saturated carbocycles. The smallest absolute Gasteiger partial charge is 0.225 e. The molecule has 1 atom stereocenters. The van der Waals surface area contributed by atoms with Gasteiger partial charge in [-0.2, -0.15) is 0 Å². The van der Waals surface area contributed by atoms with Gasteiger partial charge < -0.3 is 10.2 Å². The van der Waals surface area contributed by atoms with Crippen LogP contribution in [0.1, 0.15) is 33.6 Å². The Hall–Kier alpha value is -0.570. The summed E-state index contributed by atoms with van der Waals surface area (Å²) in [6.45, 7) is 9.02. The molecule has 1 aliphatic rings. The topological polar surface area (TPSA) is 32.3 Å². The van der Waals surface area contributed by atoms with Gasteiger partial charge in [0.05, 0.1) is 0 Å². The quantitative estimate of drug-likeness (QED) is 0.737. The zero-order chi connectivity index (χ0) is 10.6. The molecule has 1 heterocycles. The molecule has 1 saturated heterocycles. The lowest BCUT2D eigenvalue weighted by Crippen LogP contribution is -2.44. The van der Waals surface area contributed by atoms with Gasteiger partial charge in [-0.3, -0.25) is 4.79 Å². The Labute approximate surface area is 86.9 Å². The van der Waals surface area contributed by atoms with Crippen LogP contribution in [0.2, 0.25) is 0 Å². The van der Waals surface area contributed by atoms with Gasteiger partial charge in [0.25, 0.3) is 0 Å². The number of rotatable bonds is 4. The molecule has 14 heavy (non-hydrogen) atoms. The highest BCUT2D eigenvalue weighted by Gasteiger charge is 2.26. The van der Waals surface area contributed by atoms with Gasteiger partial charge in [-0.05, 0) is 19.4 Å². The molecule has 0 radical (unpaired) electrons. The fourth-order valence-electron chi connectivity index (χ4n) is 1.95. The molecule has 0 aliphatic carbocycles. The van der Waals surface area contributed by atoms with Crippen LogP contribution in [0.3, 0.4) is 0 Å². The maximum Gasteiger partial charge on any atom is 0.225 e. The van der Waals surface area contributed by atoms with E-state index in [1.54, 1.807) is 0 Å². The lowest BCUT2D eigenvalue weighted by atomic mass is 10.1. The summed E-state index contributed by atoms with van der Waals surface area (Å²) in [5.74, 6) is 0.433. The van der Waals surface area contributed by atoms with Crippen LogP contribution in [0.4, 0.5) is 0 Å². The van der Waals surface area contributed by atoms with Crippen molar-refractivity contribution in [1.29, 1.82) is 0 Å². The van der Waals surface area contributed by atoms with E-state index in [4.69, 9.17) is 0 Å². The summed E-state index contributed by atoms with van der Waals surface area (Å²) in [7, 11) is 0. The van der Waals surface area contributed by atoms with Crippen LogP contribution in [-0.4, -0.2) is 36.5 Å². The lowest BCUT2D eigenvalue weighted by Gasteiger charge is -2.29. The van der Waals surface area contributed by atoms with Crippen molar-refractivity contribution in [1.82, 2.24) is 10.2 Å². The first-order chi connectivity index (χ1) is 6.66. The molecule has 1 amide bonds. The van der Waals surface area contributed by atoms with Gasteiger partial charge in [-0.25, -0.2) is 0 Å². The predicted molar refractivity (Wildman–Crippen MR) is 58.1 cm³/mol. The minimum atomic E-state index is 0.127. The third-order valence-electron chi connectivity index (χ3n) is 2.72. The van der Waals surface area contributed by atoms with E-state index >= 15 is 0 Å². The highest BCUT2D eigenvalue weighted by atomic mass is 16.2. The number of carbonyl (C=O) groups is 1. The zero-order valence-electron chi connectivity index (χ0n) is 9.55. The van der Waals surface area contributed by atoms with Crippen molar-refractivity contribution < 1.29 is 4.79 Å². The van der Waals surface area contributed by atoms with E-state index in [2.05, 4.69) is 17.1 Å². The third-order valence-corrected chi connectivity index (χ3v) is 2.72. The van der Waals surface area contributed by atoms with Crippen molar-refractivity contribution in [2.45, 2.75) is 39.7 Å². The van der Waals surface area contributed by atoms with Crippen LogP contribution in [0.15, 0.2) is 0 Å². The van der Waals surface area contributed by atoms with E-state index in [1.165, 1.54) is 0 Å². The van der Waals surface area contributed by atoms with E-state index in [0.29, 0.717) is 11.9 Å². The van der Waals surface area contributed by atoms with Crippen LogP contribution >= 0.6 is 0 Å². The van der Waals surface area contributed by atoms with E-state index in [9.17, 15) is 4.79 Å². The zero-order valence-corrected chi connectivity index (χ0v) is 9.55. The predicted octanol–water partition coefficient (Wildman–Crippen LogP) is 1.24. The van der Waals surface area contributed by atoms with Crippen molar-refractivity contribution >= 4 is 5.91 Å². The van der Waals surface area contributed by atoms with Gasteiger partial charge in [-0.1, -0.05) is 20.8 Å². The van der Waals surface area contributed by atoms with Gasteiger partial charge >= 0.3 is 0 Å². The molecule has 0 aromatic rings. The summed E-state index contributed by atoms with van der Waals surface area (Å²) in [6.07, 6.45) is 2.16. The normalized spacial score (nSPS) is 21.6. The second kappa shape index (κ2) is 5.35. The molecule has 1 aliphatic heterocycles. The number of nitrogens with zero attached hydrogens (tertiary/aromatic N) is 1. The maximum atomic E-state index is 11.9. The minimum Gasteiger partial charge on any atom is -0.338 e. The highest BCUT2D eigenvalue weighted by molar-refractivity contribution is 5.78. The van der Waals surface area contributed by atoms with Crippen LogP contribution in [0.5, 0.6) is 0 Å². The Kier molecular flexibility index (Phi) is 4.39. The van der Waals surface area contributed by atoms with Gasteiger partial charge in [0, 0.05) is 25.0 Å². The number of nitrogens with one attached hydrogen (secondary N) is 1. The lowest BCUT2D eigenvalue weighted by molar-refractivity contribution is -0.136. The SMILES string of the molecule is CCCN(C(=O)C(C)C)[C@H]1CCNC1. The molecule has 0 spiro atoms. The molecule has 1 N–H and O–H groups in total. The van der Waals surface area contributed by atoms with Crippen LogP contribution in [0.25, 0.3) is 0 Å². The number of carbonyl (C=O) groups excluding carboxylic acids is 1. The summed E-state index contributed by atoms with van der Waals surface area (Å²) in [5.41, 5.74) is 0. The van der Waals surface area contributed by atoms with Crippen molar-refractivity contribution in [3.63, 3.8) is 0 Å². The summed E-state index contributed by atoms with van der Waals surface area (Å²) >= 11 is 0. The first-order valence-electron chi connectivity index (χ1n) is 5.68. The Morgan fingerprint density at radius 2 is 2.29 bits per heavy atom. The number of amides is 1. The molecular weight excluding hydrogens is 176 g/mol. The second-order valence-corrected chi connectivity index (χ2v) is 4.33. The minimum absolute atomic E-state index is 0.127. The number of hydrogen-bond donors (Lipinski definition) is 1. The highest BCUT2D eigenvalue weighted by Crippen LogP contribution is 2.12. The largest absolute Gasteiger partial charge is 0.338 e. The fraction of sp³-hybridized carbons (Fsp3) is 0.909. The summed E-state index contributed by atoms with van der Waals surface area (Å²) in [4.78, 5) is 14.0. The van der Waals surface area contributed by atoms with Crippen molar-refractivity contribution in [3.05, 3.63) is 0 Å². The first kappa shape index (κ1) is 11.5. The fourth-order valence-corrected chi connectivity index (χ4v) is 1.95. The summed E-state index contributed by atoms with van der Waals surface area (Å²) < 4.78 is 0. The van der Waals surface area contributed by atoms with E-state index in [1.807, 2.05) is 13.8 Å². The first-order valence-corrected chi connectivity index (χ1v) is 5.68. The van der Waals surface area contributed by atoms with Crippen LogP contribution < -0.4 is 5.32 Å². The molecule has 3 heteroatoms. The van der Waals surface area contributed by atoms with Crippen molar-refractivity contribution in [3.8, 4) is 0 Å². The monoisotopic (exact) mass is 198 g/mol. The van der Waals surface area contributed by atoms with Crippen LogP contribution in [-0.2, 0) is 4.79 Å².